The number of hydrazone groups is 1. The van der Waals surface area contributed by atoms with E-state index in [0.29, 0.717) is 31.8 Å². The number of nitrogens with one attached hydrogen (secondary N) is 1. The molecule has 0 aliphatic heterocycles. The Bertz CT molecular complexity index is 435. The topological polar surface area (TPSA) is 93.8 Å². The van der Waals surface area contributed by atoms with Gasteiger partial charge >= 0.3 is 18.2 Å². The molecule has 0 saturated heterocycles. The molecule has 0 heterocycles. The zero-order valence-electron chi connectivity index (χ0n) is 13.0. The number of nitrogens with two attached hydrogens (primary N) is 1. The van der Waals surface area contributed by atoms with E-state index in [-0.39, 0.29) is 13.0 Å². The molecular weight excluding hydrogens is 315 g/mol. The molecule has 6 nitrogen and oxygen atoms in total. The van der Waals surface area contributed by atoms with Gasteiger partial charge in [-0.3, -0.25) is 0 Å². The Morgan fingerprint density at radius 1 is 1.22 bits per heavy atom. The van der Waals surface area contributed by atoms with Crippen LogP contribution in [0.3, 0.4) is 0 Å². The van der Waals surface area contributed by atoms with E-state index in [1.165, 1.54) is 13.1 Å². The van der Waals surface area contributed by atoms with E-state index in [9.17, 15) is 22.8 Å². The van der Waals surface area contributed by atoms with Crippen molar-refractivity contribution in [3.05, 3.63) is 11.6 Å². The van der Waals surface area contributed by atoms with Gasteiger partial charge in [-0.1, -0.05) is 12.8 Å². The van der Waals surface area contributed by atoms with Crippen LogP contribution in [0.25, 0.3) is 0 Å². The highest BCUT2D eigenvalue weighted by Crippen LogP contribution is 2.29. The second-order valence-corrected chi connectivity index (χ2v) is 4.66. The molecule has 0 rings (SSSR count). The lowest BCUT2D eigenvalue weighted by molar-refractivity contribution is -0.138. The van der Waals surface area contributed by atoms with Gasteiger partial charge in [0.15, 0.2) is 0 Å². The normalized spacial score (nSPS) is 12.4. The van der Waals surface area contributed by atoms with Crippen molar-refractivity contribution in [1.82, 2.24) is 5.43 Å². The van der Waals surface area contributed by atoms with E-state index in [2.05, 4.69) is 9.84 Å². The van der Waals surface area contributed by atoms with Crippen LogP contribution in [0.2, 0.25) is 0 Å². The minimum Gasteiger partial charge on any atom is -0.463 e. The molecule has 0 aliphatic rings. The highest BCUT2D eigenvalue weighted by atomic mass is 19.4. The summed E-state index contributed by atoms with van der Waals surface area (Å²) in [5.74, 6) is -0.974. The number of allylic oxidation sites excluding steroid dienone is 1. The van der Waals surface area contributed by atoms with Crippen LogP contribution in [0.1, 0.15) is 45.4 Å². The monoisotopic (exact) mass is 337 g/mol. The molecule has 0 aromatic rings. The van der Waals surface area contributed by atoms with E-state index in [0.717, 1.165) is 6.42 Å². The number of ether oxygens (including phenoxy) is 1. The first-order chi connectivity index (χ1) is 10.8. The summed E-state index contributed by atoms with van der Waals surface area (Å²) in [6, 6.07) is -0.755. The van der Waals surface area contributed by atoms with E-state index in [4.69, 9.17) is 5.73 Å². The molecular formula is C14H22F3N3O3. The molecule has 0 spiro atoms. The second kappa shape index (κ2) is 11.5. The summed E-state index contributed by atoms with van der Waals surface area (Å²) in [5.41, 5.74) is 5.96. The van der Waals surface area contributed by atoms with Gasteiger partial charge in [0.1, 0.15) is 0 Å². The largest absolute Gasteiger partial charge is 0.463 e. The number of halogens is 3. The Kier molecular flexibility index (Phi) is 10.5. The Morgan fingerprint density at radius 3 is 2.43 bits per heavy atom. The van der Waals surface area contributed by atoms with Crippen molar-refractivity contribution in [3.8, 4) is 0 Å². The third kappa shape index (κ3) is 12.2. The summed E-state index contributed by atoms with van der Waals surface area (Å²) in [4.78, 5) is 21.4. The predicted molar refractivity (Wildman–Crippen MR) is 79.7 cm³/mol. The third-order valence-electron chi connectivity index (χ3n) is 2.74. The summed E-state index contributed by atoms with van der Waals surface area (Å²) in [5, 5.41) is 3.54. The first kappa shape index (κ1) is 20.9. The predicted octanol–water partition coefficient (Wildman–Crippen LogP) is 3.03. The Hall–Kier alpha value is -2.06. The SMILES string of the molecule is CCOC(=O)/C=C(/CCCCCC/C=N\NC(N)=O)C(F)(F)F. The number of hydrogen-bond acceptors (Lipinski definition) is 4. The molecule has 0 bridgehead atoms. The van der Waals surface area contributed by atoms with Crippen LogP contribution in [-0.2, 0) is 9.53 Å². The van der Waals surface area contributed by atoms with Crippen LogP contribution >= 0.6 is 0 Å². The summed E-state index contributed by atoms with van der Waals surface area (Å²) >= 11 is 0. The number of urea groups is 1. The molecule has 0 radical (unpaired) electrons. The van der Waals surface area contributed by atoms with Crippen LogP contribution in [-0.4, -0.2) is 31.0 Å². The number of nitrogens with zero attached hydrogens (tertiary/aromatic N) is 1. The number of primary amides is 1. The van der Waals surface area contributed by atoms with Crippen molar-refractivity contribution in [2.45, 2.75) is 51.6 Å². The number of carbonyl (C=O) groups is 2. The number of esters is 1. The maximum atomic E-state index is 12.8. The van der Waals surface area contributed by atoms with Crippen molar-refractivity contribution >= 4 is 18.2 Å². The van der Waals surface area contributed by atoms with Gasteiger partial charge in [0.25, 0.3) is 0 Å². The minimum atomic E-state index is -4.53. The molecule has 0 unspecified atom stereocenters. The summed E-state index contributed by atoms with van der Waals surface area (Å²) < 4.78 is 42.8. The van der Waals surface area contributed by atoms with Crippen LogP contribution in [0.4, 0.5) is 18.0 Å². The van der Waals surface area contributed by atoms with E-state index in [1.54, 1.807) is 0 Å². The summed E-state index contributed by atoms with van der Waals surface area (Å²) in [7, 11) is 0. The lowest BCUT2D eigenvalue weighted by Gasteiger charge is -2.11. The standard InChI is InChI=1S/C14H22F3N3O3/c1-2-23-12(21)10-11(14(15,16)17)8-6-4-3-5-7-9-19-20-13(18)22/h9-10H,2-8H2,1H3,(H3,18,20,22)/b11-10-,19-9-. The lowest BCUT2D eigenvalue weighted by atomic mass is 10.0. The van der Waals surface area contributed by atoms with E-state index in [1.807, 2.05) is 5.43 Å². The fourth-order valence-corrected chi connectivity index (χ4v) is 1.70. The molecule has 0 aliphatic carbocycles. The number of amides is 2. The van der Waals surface area contributed by atoms with Gasteiger partial charge in [-0.15, -0.1) is 0 Å². The summed E-state index contributed by atoms with van der Waals surface area (Å²) in [6.07, 6.45) is 0.192. The molecule has 9 heteroatoms. The summed E-state index contributed by atoms with van der Waals surface area (Å²) in [6.45, 7) is 1.56. The Morgan fingerprint density at radius 2 is 1.87 bits per heavy atom. The smallest absolute Gasteiger partial charge is 0.412 e. The first-order valence-corrected chi connectivity index (χ1v) is 7.28. The van der Waals surface area contributed by atoms with Gasteiger partial charge in [0.05, 0.1) is 6.61 Å². The van der Waals surface area contributed by atoms with E-state index >= 15 is 0 Å². The Labute approximate surface area is 132 Å². The fourth-order valence-electron chi connectivity index (χ4n) is 1.70. The highest BCUT2D eigenvalue weighted by molar-refractivity contribution is 5.83. The number of hydrogen-bond donors (Lipinski definition) is 2. The van der Waals surface area contributed by atoms with Crippen molar-refractivity contribution in [3.63, 3.8) is 0 Å². The molecule has 0 atom stereocenters. The van der Waals surface area contributed by atoms with Gasteiger partial charge in [0.2, 0.25) is 0 Å². The molecule has 2 amide bonds. The van der Waals surface area contributed by atoms with Crippen molar-refractivity contribution < 1.29 is 27.5 Å². The highest BCUT2D eigenvalue weighted by Gasteiger charge is 2.33. The van der Waals surface area contributed by atoms with Crippen LogP contribution in [0.15, 0.2) is 16.8 Å². The van der Waals surface area contributed by atoms with Crippen LogP contribution < -0.4 is 11.2 Å². The van der Waals surface area contributed by atoms with Gasteiger partial charge in [0, 0.05) is 17.9 Å². The third-order valence-corrected chi connectivity index (χ3v) is 2.74. The Balaban J connectivity index is 4.03. The fraction of sp³-hybridized carbons (Fsp3) is 0.643. The number of rotatable bonds is 10. The van der Waals surface area contributed by atoms with Gasteiger partial charge in [-0.25, -0.2) is 15.0 Å². The number of carbonyl (C=O) groups excluding carboxylic acids is 2. The second-order valence-electron chi connectivity index (χ2n) is 4.66. The van der Waals surface area contributed by atoms with Crippen LogP contribution in [0, 0.1) is 0 Å². The van der Waals surface area contributed by atoms with Gasteiger partial charge in [-0.2, -0.15) is 18.3 Å². The van der Waals surface area contributed by atoms with Crippen LogP contribution in [0.5, 0.6) is 0 Å². The molecule has 0 saturated carbocycles. The van der Waals surface area contributed by atoms with Crippen molar-refractivity contribution in [2.75, 3.05) is 6.61 Å². The molecule has 3 N–H and O–H groups in total. The molecule has 0 aromatic carbocycles. The molecule has 23 heavy (non-hydrogen) atoms. The molecule has 132 valence electrons. The van der Waals surface area contributed by atoms with Crippen molar-refractivity contribution in [1.29, 1.82) is 0 Å². The minimum absolute atomic E-state index is 0.0344. The number of alkyl halides is 3. The van der Waals surface area contributed by atoms with Crippen molar-refractivity contribution in [2.24, 2.45) is 10.8 Å². The molecule has 0 fully saturated rings. The average molecular weight is 337 g/mol. The van der Waals surface area contributed by atoms with Gasteiger partial charge < -0.3 is 10.5 Å². The lowest BCUT2D eigenvalue weighted by Crippen LogP contribution is -2.24. The zero-order valence-corrected chi connectivity index (χ0v) is 13.0. The zero-order chi connectivity index (χ0) is 17.7. The van der Waals surface area contributed by atoms with E-state index < -0.39 is 23.7 Å². The maximum Gasteiger partial charge on any atom is 0.412 e. The first-order valence-electron chi connectivity index (χ1n) is 7.28. The quantitative estimate of drug-likeness (QED) is 0.211. The average Bonchev–Trinajstić information content (AvgIpc) is 2.43. The maximum absolute atomic E-state index is 12.8. The molecule has 0 aromatic heterocycles. The van der Waals surface area contributed by atoms with Gasteiger partial charge in [-0.05, 0) is 32.6 Å². The number of unbranched alkanes of at least 4 members (excludes halogenated alkanes) is 4.